The third-order valence-corrected chi connectivity index (χ3v) is 14.8. The summed E-state index contributed by atoms with van der Waals surface area (Å²) < 4.78 is 0. The Bertz CT molecular complexity index is 2490. The fourth-order valence-electron chi connectivity index (χ4n) is 10.2. The zero-order valence-electron chi connectivity index (χ0n) is 48.6. The number of hydrogen-bond donors (Lipinski definition) is 14. The lowest BCUT2D eigenvalue weighted by Gasteiger charge is -2.38. The van der Waals surface area contributed by atoms with Crippen LogP contribution in [-0.4, -0.2) is 257 Å². The summed E-state index contributed by atoms with van der Waals surface area (Å²) in [5.41, 5.74) is 1.43. The van der Waals surface area contributed by atoms with Gasteiger partial charge in [0, 0.05) is 110 Å². The highest BCUT2D eigenvalue weighted by Gasteiger charge is 2.29. The van der Waals surface area contributed by atoms with E-state index >= 15 is 0 Å². The minimum absolute atomic E-state index is 0.00775. The molecule has 2 aliphatic rings. The number of β-amino-alcohol motifs (C(OH)–C–C–N with tert-alkyl or cyclic N) is 2. The lowest BCUT2D eigenvalue weighted by Crippen LogP contribution is -2.53. The second-order valence-corrected chi connectivity index (χ2v) is 21.7. The monoisotopic (exact) mass is 1220 g/mol. The first-order valence-corrected chi connectivity index (χ1v) is 29.3. The van der Waals surface area contributed by atoms with Crippen LogP contribution in [0, 0.1) is 5.92 Å². The maximum atomic E-state index is 12.5. The molecule has 86 heavy (non-hydrogen) atoms. The van der Waals surface area contributed by atoms with Crippen LogP contribution >= 0.6 is 0 Å². The summed E-state index contributed by atoms with van der Waals surface area (Å²) in [6, 6.07) is 2.92. The van der Waals surface area contributed by atoms with Crippen molar-refractivity contribution in [3.8, 4) is 0 Å². The number of aromatic nitrogens is 3. The molecule has 3 amide bonds. The number of urea groups is 1. The lowest BCUT2D eigenvalue weighted by atomic mass is 9.92. The number of benzene rings is 1. The fourth-order valence-corrected chi connectivity index (χ4v) is 10.2. The highest BCUT2D eigenvalue weighted by atomic mass is 16.5. The van der Waals surface area contributed by atoms with Gasteiger partial charge >= 0.3 is 47.8 Å². The molecular weight excluding hydrogens is 1130 g/mol. The largest absolute Gasteiger partial charge is 0.481 e. The Morgan fingerprint density at radius 1 is 0.547 bits per heavy atom. The molecule has 14 N–H and O–H groups in total. The topological polar surface area (TPSA) is 451 Å². The number of piperidine rings is 1. The van der Waals surface area contributed by atoms with Crippen molar-refractivity contribution < 1.29 is 89.1 Å². The van der Waals surface area contributed by atoms with Crippen molar-refractivity contribution in [3.05, 3.63) is 29.8 Å². The minimum Gasteiger partial charge on any atom is -0.481 e. The van der Waals surface area contributed by atoms with E-state index in [1.165, 1.54) is 0 Å². The Kier molecular flexibility index (Phi) is 31.7. The van der Waals surface area contributed by atoms with Crippen molar-refractivity contribution in [3.63, 3.8) is 0 Å². The van der Waals surface area contributed by atoms with Crippen LogP contribution in [0.4, 0.5) is 28.3 Å². The number of carboxylic acids is 7. The number of carboxylic acid groups (broad SMARTS) is 7. The van der Waals surface area contributed by atoms with Crippen LogP contribution < -0.4 is 31.5 Å². The number of rotatable bonds is 38. The maximum Gasteiger partial charge on any atom is 0.326 e. The van der Waals surface area contributed by atoms with E-state index in [1.54, 1.807) is 19.6 Å². The van der Waals surface area contributed by atoms with Crippen molar-refractivity contribution in [2.45, 2.75) is 134 Å². The van der Waals surface area contributed by atoms with E-state index < -0.39 is 78.7 Å². The van der Waals surface area contributed by atoms with Gasteiger partial charge < -0.3 is 77.4 Å². The standard InChI is InChI=1S/C55H87N13O18/c69-43(56-21-7-5-10-41(50(82)83)59-55(86)60-42(51(84)85)17-18-45(72)73)11-4-2-1-3-6-22-57-52-61-53(63-54(62-52)67-23-19-37(20-24-67)9-8-12-44(70)71)58-39-15-13-38(14-16-39)31-40-32-66(35-48(78)79)28-27-64(33-46(74)75)25-26-65(34-47(76)77)29-30-68(40)36-49(80)81/h13-16,37,40-42,47,76-77H,1-12,17-36H2,(H,56,69)(H,70,71)(H,72,73)(H,74,75)(H,78,79)(H,80,81)(H,82,83)(H,84,85)(H2,59,60,86)(H2,57,58,61,62,63)/t40?,41-,42-/m0/s1. The van der Waals surface area contributed by atoms with E-state index in [1.807, 2.05) is 24.3 Å². The second kappa shape index (κ2) is 38.5. The molecule has 2 fully saturated rings. The van der Waals surface area contributed by atoms with Gasteiger partial charge in [-0.2, -0.15) is 15.0 Å². The van der Waals surface area contributed by atoms with Crippen molar-refractivity contribution in [2.75, 3.05) is 114 Å². The summed E-state index contributed by atoms with van der Waals surface area (Å²) in [5.74, 6) is -6.85. The summed E-state index contributed by atoms with van der Waals surface area (Å²) in [5, 5.41) is 99.7. The van der Waals surface area contributed by atoms with Crippen LogP contribution in [0.3, 0.4) is 0 Å². The van der Waals surface area contributed by atoms with Crippen molar-refractivity contribution in [1.82, 2.24) is 50.5 Å². The molecule has 1 aromatic carbocycles. The van der Waals surface area contributed by atoms with Crippen LogP contribution in [0.2, 0.25) is 0 Å². The highest BCUT2D eigenvalue weighted by Crippen LogP contribution is 2.27. The van der Waals surface area contributed by atoms with Gasteiger partial charge in [0.25, 0.3) is 0 Å². The number of nitrogens with zero attached hydrogens (tertiary/aromatic N) is 8. The van der Waals surface area contributed by atoms with Crippen molar-refractivity contribution in [2.24, 2.45) is 5.92 Å². The normalized spacial score (nSPS) is 16.9. The number of carbonyl (C=O) groups is 9. The number of unbranched alkanes of at least 4 members (excludes halogenated alkanes) is 5. The number of carbonyl (C=O) groups excluding carboxylic acids is 2. The van der Waals surface area contributed by atoms with Crippen LogP contribution in [0.25, 0.3) is 0 Å². The maximum absolute atomic E-state index is 12.5. The molecule has 1 aromatic heterocycles. The smallest absolute Gasteiger partial charge is 0.326 e. The van der Waals surface area contributed by atoms with Crippen LogP contribution in [-0.2, 0) is 44.8 Å². The fraction of sp³-hybridized carbons (Fsp3) is 0.673. The Labute approximate surface area is 498 Å². The van der Waals surface area contributed by atoms with Gasteiger partial charge in [0.1, 0.15) is 12.1 Å². The summed E-state index contributed by atoms with van der Waals surface area (Å²) >= 11 is 0. The van der Waals surface area contributed by atoms with Gasteiger partial charge in [-0.05, 0) is 94.2 Å². The zero-order valence-corrected chi connectivity index (χ0v) is 48.6. The molecule has 2 saturated heterocycles. The SMILES string of the molecule is O=C(O)CCCC1CCN(c2nc(NCCCCCCCC(=O)NCCCC[C@H](NC(=O)N[C@@H](CCC(=O)O)C(=O)O)C(=O)O)nc(Nc3ccc(CC4CN(CC(=O)O)CCN(CC(=O)O)CCN(CC(O)O)CCN4CC(=O)O)cc3)n2)CC1. The van der Waals surface area contributed by atoms with E-state index in [0.717, 1.165) is 50.5 Å². The lowest BCUT2D eigenvalue weighted by molar-refractivity contribution is -0.141. The van der Waals surface area contributed by atoms with Gasteiger partial charge in [0.15, 0.2) is 6.29 Å². The Morgan fingerprint density at radius 2 is 1.12 bits per heavy atom. The summed E-state index contributed by atoms with van der Waals surface area (Å²) in [6.45, 7) is 2.30. The number of aliphatic carboxylic acids is 7. The van der Waals surface area contributed by atoms with E-state index in [4.69, 9.17) is 25.2 Å². The summed E-state index contributed by atoms with van der Waals surface area (Å²) in [4.78, 5) is 129. The zero-order chi connectivity index (χ0) is 63.0. The number of hydrogen-bond acceptors (Lipinski definition) is 21. The van der Waals surface area contributed by atoms with E-state index in [-0.39, 0.29) is 110 Å². The van der Waals surface area contributed by atoms with Gasteiger partial charge in [0.05, 0.1) is 19.6 Å². The Balaban J connectivity index is 1.34. The van der Waals surface area contributed by atoms with Gasteiger partial charge in [-0.25, -0.2) is 14.4 Å². The predicted molar refractivity (Wildman–Crippen MR) is 310 cm³/mol. The Hall–Kier alpha value is -7.58. The first-order valence-electron chi connectivity index (χ1n) is 29.3. The highest BCUT2D eigenvalue weighted by molar-refractivity contribution is 5.86. The summed E-state index contributed by atoms with van der Waals surface area (Å²) in [7, 11) is 0. The van der Waals surface area contributed by atoms with Crippen molar-refractivity contribution in [1.29, 1.82) is 0 Å². The second-order valence-electron chi connectivity index (χ2n) is 21.7. The molecule has 3 atom stereocenters. The van der Waals surface area contributed by atoms with Crippen LogP contribution in [0.5, 0.6) is 0 Å². The molecule has 4 rings (SSSR count). The molecule has 2 aliphatic heterocycles. The number of nitrogens with one attached hydrogen (secondary N) is 5. The number of aliphatic hydroxyl groups excluding tert-OH is 1. The molecule has 0 bridgehead atoms. The molecule has 2 aromatic rings. The molecule has 0 saturated carbocycles. The minimum atomic E-state index is -1.69. The molecule has 480 valence electrons. The van der Waals surface area contributed by atoms with E-state index in [0.29, 0.717) is 81.7 Å². The molecule has 0 radical (unpaired) electrons. The number of anilines is 4. The molecular formula is C55H87N13O18. The molecule has 31 heteroatoms. The van der Waals surface area contributed by atoms with Gasteiger partial charge in [0.2, 0.25) is 23.8 Å². The van der Waals surface area contributed by atoms with E-state index in [2.05, 4.69) is 31.5 Å². The first kappa shape index (κ1) is 70.9. The molecule has 1 unspecified atom stereocenters. The third kappa shape index (κ3) is 29.5. The van der Waals surface area contributed by atoms with Crippen molar-refractivity contribution >= 4 is 77.3 Å². The van der Waals surface area contributed by atoms with Crippen LogP contribution in [0.15, 0.2) is 24.3 Å². The molecule has 0 aliphatic carbocycles. The Morgan fingerprint density at radius 3 is 1.74 bits per heavy atom. The average Bonchev–Trinajstić information content (AvgIpc) is 3.64. The van der Waals surface area contributed by atoms with Gasteiger partial charge in [-0.15, -0.1) is 0 Å². The number of aliphatic hydroxyl groups is 2. The average molecular weight is 1220 g/mol. The molecule has 31 nitrogen and oxygen atoms in total. The molecule has 0 spiro atoms. The van der Waals surface area contributed by atoms with Crippen LogP contribution in [0.1, 0.15) is 108 Å². The van der Waals surface area contributed by atoms with E-state index in [9.17, 15) is 78.9 Å². The molecule has 3 heterocycles. The predicted octanol–water partition coefficient (Wildman–Crippen LogP) is 0.893. The first-order chi connectivity index (χ1) is 41.0. The number of amides is 3. The summed E-state index contributed by atoms with van der Waals surface area (Å²) in [6.07, 6.45) is 5.89. The van der Waals surface area contributed by atoms with Gasteiger partial charge in [-0.1, -0.05) is 31.4 Å². The third-order valence-electron chi connectivity index (χ3n) is 14.8. The quantitative estimate of drug-likeness (QED) is 0.0328. The van der Waals surface area contributed by atoms with Gasteiger partial charge in [-0.3, -0.25) is 48.4 Å².